The van der Waals surface area contributed by atoms with Crippen LogP contribution in [0.3, 0.4) is 0 Å². The number of para-hydroxylation sites is 1. The Balaban J connectivity index is 1.91. The van der Waals surface area contributed by atoms with Crippen LogP contribution in [0.2, 0.25) is 4.34 Å². The highest BCUT2D eigenvalue weighted by molar-refractivity contribution is 7.16. The number of hydrogen-bond donors (Lipinski definition) is 2. The van der Waals surface area contributed by atoms with Crippen molar-refractivity contribution in [1.82, 2.24) is 10.6 Å². The van der Waals surface area contributed by atoms with Gasteiger partial charge in [0.25, 0.3) is 0 Å². The number of thiophene rings is 1. The van der Waals surface area contributed by atoms with E-state index in [0.29, 0.717) is 6.54 Å². The van der Waals surface area contributed by atoms with Crippen molar-refractivity contribution >= 4 is 28.9 Å². The highest BCUT2D eigenvalue weighted by Gasteiger charge is 2.03. The van der Waals surface area contributed by atoms with Crippen LogP contribution in [0.15, 0.2) is 41.4 Å². The SMILES string of the molecule is CCNC(=NCc1ccccc1OC)NCCc1ccc(Cl)s1. The van der Waals surface area contributed by atoms with Gasteiger partial charge in [-0.3, -0.25) is 0 Å². The first-order valence-electron chi connectivity index (χ1n) is 7.61. The lowest BCUT2D eigenvalue weighted by Gasteiger charge is -2.11. The van der Waals surface area contributed by atoms with Gasteiger partial charge in [0.2, 0.25) is 0 Å². The lowest BCUT2D eigenvalue weighted by Crippen LogP contribution is -2.38. The summed E-state index contributed by atoms with van der Waals surface area (Å²) in [5, 5.41) is 6.61. The van der Waals surface area contributed by atoms with Crippen molar-refractivity contribution in [1.29, 1.82) is 0 Å². The van der Waals surface area contributed by atoms with Crippen molar-refractivity contribution in [3.05, 3.63) is 51.2 Å². The summed E-state index contributed by atoms with van der Waals surface area (Å²) in [5.41, 5.74) is 1.07. The van der Waals surface area contributed by atoms with E-state index in [1.165, 1.54) is 4.88 Å². The van der Waals surface area contributed by atoms with E-state index in [2.05, 4.69) is 28.6 Å². The molecule has 0 aliphatic carbocycles. The monoisotopic (exact) mass is 351 g/mol. The molecule has 6 heteroatoms. The largest absolute Gasteiger partial charge is 0.496 e. The van der Waals surface area contributed by atoms with Gasteiger partial charge in [0.1, 0.15) is 5.75 Å². The Bertz CT molecular complexity index is 642. The lowest BCUT2D eigenvalue weighted by molar-refractivity contribution is 0.410. The Labute approximate surface area is 146 Å². The maximum Gasteiger partial charge on any atom is 0.191 e. The number of hydrogen-bond acceptors (Lipinski definition) is 3. The number of benzene rings is 1. The minimum Gasteiger partial charge on any atom is -0.496 e. The molecule has 2 rings (SSSR count). The zero-order valence-electron chi connectivity index (χ0n) is 13.4. The normalized spacial score (nSPS) is 11.3. The first kappa shape index (κ1) is 17.6. The number of nitrogens with one attached hydrogen (secondary N) is 2. The fourth-order valence-corrected chi connectivity index (χ4v) is 3.22. The van der Waals surface area contributed by atoms with Crippen molar-refractivity contribution < 1.29 is 4.74 Å². The van der Waals surface area contributed by atoms with Crippen molar-refractivity contribution in [3.8, 4) is 5.75 Å². The van der Waals surface area contributed by atoms with Gasteiger partial charge in [0.05, 0.1) is 18.0 Å². The highest BCUT2D eigenvalue weighted by atomic mass is 35.5. The lowest BCUT2D eigenvalue weighted by atomic mass is 10.2. The molecular formula is C17H22ClN3OS. The molecule has 2 N–H and O–H groups in total. The van der Waals surface area contributed by atoms with E-state index in [4.69, 9.17) is 16.3 Å². The Morgan fingerprint density at radius 2 is 2.04 bits per heavy atom. The molecule has 0 aliphatic rings. The number of nitrogens with zero attached hydrogens (tertiary/aromatic N) is 1. The average molecular weight is 352 g/mol. The molecule has 2 aromatic rings. The molecule has 1 heterocycles. The van der Waals surface area contributed by atoms with E-state index in [1.807, 2.05) is 30.3 Å². The van der Waals surface area contributed by atoms with Crippen LogP contribution < -0.4 is 15.4 Å². The molecule has 0 unspecified atom stereocenters. The second-order valence-corrected chi connectivity index (χ2v) is 6.69. The number of ether oxygens (including phenoxy) is 1. The predicted molar refractivity (Wildman–Crippen MR) is 98.8 cm³/mol. The molecule has 0 aliphatic heterocycles. The third-order valence-corrected chi connectivity index (χ3v) is 4.53. The fourth-order valence-electron chi connectivity index (χ4n) is 2.13. The molecule has 0 fully saturated rings. The third kappa shape index (κ3) is 5.77. The topological polar surface area (TPSA) is 45.7 Å². The second-order valence-electron chi connectivity index (χ2n) is 4.89. The minimum absolute atomic E-state index is 0.574. The van der Waals surface area contributed by atoms with E-state index >= 15 is 0 Å². The van der Waals surface area contributed by atoms with Crippen LogP contribution >= 0.6 is 22.9 Å². The molecule has 0 saturated heterocycles. The maximum absolute atomic E-state index is 5.95. The molecule has 0 spiro atoms. The van der Waals surface area contributed by atoms with Crippen LogP contribution in [0, 0.1) is 0 Å². The van der Waals surface area contributed by atoms with Crippen LogP contribution in [-0.2, 0) is 13.0 Å². The van der Waals surface area contributed by atoms with Crippen LogP contribution in [0.1, 0.15) is 17.4 Å². The van der Waals surface area contributed by atoms with Gasteiger partial charge < -0.3 is 15.4 Å². The Morgan fingerprint density at radius 3 is 2.74 bits per heavy atom. The van der Waals surface area contributed by atoms with Gasteiger partial charge in [0, 0.05) is 23.5 Å². The van der Waals surface area contributed by atoms with Crippen molar-refractivity contribution in [2.45, 2.75) is 19.9 Å². The quantitative estimate of drug-likeness (QED) is 0.590. The van der Waals surface area contributed by atoms with E-state index < -0.39 is 0 Å². The van der Waals surface area contributed by atoms with Gasteiger partial charge in [-0.25, -0.2) is 4.99 Å². The first-order chi connectivity index (χ1) is 11.2. The van der Waals surface area contributed by atoms with E-state index in [9.17, 15) is 0 Å². The summed E-state index contributed by atoms with van der Waals surface area (Å²) in [6, 6.07) is 11.9. The van der Waals surface area contributed by atoms with E-state index in [-0.39, 0.29) is 0 Å². The summed E-state index contributed by atoms with van der Waals surface area (Å²) in [5.74, 6) is 1.67. The molecule has 1 aromatic heterocycles. The maximum atomic E-state index is 5.95. The van der Waals surface area contributed by atoms with Gasteiger partial charge >= 0.3 is 0 Å². The average Bonchev–Trinajstić information content (AvgIpc) is 2.98. The number of aliphatic imine (C=N–C) groups is 1. The molecule has 0 atom stereocenters. The number of guanidine groups is 1. The first-order valence-corrected chi connectivity index (χ1v) is 8.80. The summed E-state index contributed by atoms with van der Waals surface area (Å²) in [6.07, 6.45) is 0.927. The third-order valence-electron chi connectivity index (χ3n) is 3.24. The molecule has 0 amide bonds. The second kappa shape index (κ2) is 9.43. The zero-order valence-corrected chi connectivity index (χ0v) is 15.0. The zero-order chi connectivity index (χ0) is 16.5. The molecule has 1 aromatic carbocycles. The predicted octanol–water partition coefficient (Wildman–Crippen LogP) is 3.71. The van der Waals surface area contributed by atoms with Crippen molar-refractivity contribution in [2.24, 2.45) is 4.99 Å². The van der Waals surface area contributed by atoms with E-state index in [0.717, 1.165) is 41.1 Å². The fraction of sp³-hybridized carbons (Fsp3) is 0.353. The summed E-state index contributed by atoms with van der Waals surface area (Å²) < 4.78 is 6.19. The summed E-state index contributed by atoms with van der Waals surface area (Å²) in [6.45, 7) is 4.26. The molecule has 0 radical (unpaired) electrons. The summed E-state index contributed by atoms with van der Waals surface area (Å²) in [7, 11) is 1.68. The summed E-state index contributed by atoms with van der Waals surface area (Å²) >= 11 is 7.56. The van der Waals surface area contributed by atoms with Crippen molar-refractivity contribution in [2.75, 3.05) is 20.2 Å². The van der Waals surface area contributed by atoms with E-state index in [1.54, 1.807) is 18.4 Å². The number of methoxy groups -OCH3 is 1. The molecule has 0 saturated carbocycles. The molecular weight excluding hydrogens is 330 g/mol. The van der Waals surface area contributed by atoms with Gasteiger partial charge in [-0.05, 0) is 31.5 Å². The Kier molecular flexibility index (Phi) is 7.23. The molecule has 4 nitrogen and oxygen atoms in total. The van der Waals surface area contributed by atoms with Crippen molar-refractivity contribution in [3.63, 3.8) is 0 Å². The number of rotatable bonds is 7. The van der Waals surface area contributed by atoms with Crippen LogP contribution in [0.5, 0.6) is 5.75 Å². The molecule has 124 valence electrons. The van der Waals surface area contributed by atoms with Gasteiger partial charge in [-0.2, -0.15) is 0 Å². The highest BCUT2D eigenvalue weighted by Crippen LogP contribution is 2.21. The smallest absolute Gasteiger partial charge is 0.191 e. The Hall–Kier alpha value is -1.72. The summed E-state index contributed by atoms with van der Waals surface area (Å²) in [4.78, 5) is 5.89. The molecule has 23 heavy (non-hydrogen) atoms. The van der Waals surface area contributed by atoms with Crippen LogP contribution in [-0.4, -0.2) is 26.2 Å². The van der Waals surface area contributed by atoms with Crippen LogP contribution in [0.4, 0.5) is 0 Å². The number of halogens is 1. The van der Waals surface area contributed by atoms with Gasteiger partial charge in [0.15, 0.2) is 5.96 Å². The van der Waals surface area contributed by atoms with Gasteiger partial charge in [-0.15, -0.1) is 11.3 Å². The van der Waals surface area contributed by atoms with Crippen LogP contribution in [0.25, 0.3) is 0 Å². The van der Waals surface area contributed by atoms with Gasteiger partial charge in [-0.1, -0.05) is 29.8 Å². The standard InChI is InChI=1S/C17H22ClN3OS/c1-3-19-17(20-11-10-14-8-9-16(18)23-14)21-12-13-6-4-5-7-15(13)22-2/h4-9H,3,10-12H2,1-2H3,(H2,19,20,21). The molecule has 0 bridgehead atoms. The minimum atomic E-state index is 0.574. The Morgan fingerprint density at radius 1 is 1.22 bits per heavy atom.